The van der Waals surface area contributed by atoms with Gasteiger partial charge in [-0.2, -0.15) is 0 Å². The van der Waals surface area contributed by atoms with Crippen molar-refractivity contribution in [2.75, 3.05) is 6.61 Å². The third-order valence-corrected chi connectivity index (χ3v) is 5.61. The molecule has 1 aliphatic carbocycles. The lowest BCUT2D eigenvalue weighted by Crippen LogP contribution is -2.22. The Hall–Kier alpha value is -2.16. The van der Waals surface area contributed by atoms with Crippen molar-refractivity contribution < 1.29 is 13.9 Å². The molecule has 152 valence electrons. The first-order valence-electron chi connectivity index (χ1n) is 10.2. The number of carbonyl (C=O) groups excluding carboxylic acids is 1. The van der Waals surface area contributed by atoms with E-state index in [-0.39, 0.29) is 11.0 Å². The normalized spacial score (nSPS) is 17.2. The molecule has 0 aliphatic heterocycles. The van der Waals surface area contributed by atoms with Crippen molar-refractivity contribution in [1.82, 2.24) is 0 Å². The Morgan fingerprint density at radius 1 is 1.36 bits per heavy atom. The van der Waals surface area contributed by atoms with Gasteiger partial charge in [0.05, 0.1) is 12.2 Å². The third kappa shape index (κ3) is 4.81. The molecule has 3 heteroatoms. The summed E-state index contributed by atoms with van der Waals surface area (Å²) < 4.78 is 20.4. The molecule has 0 saturated heterocycles. The Kier molecular flexibility index (Phi) is 7.40. The minimum Gasteiger partial charge on any atom is -0.462 e. The van der Waals surface area contributed by atoms with Gasteiger partial charge in [0.1, 0.15) is 5.82 Å². The lowest BCUT2D eigenvalue weighted by atomic mass is 9.68. The van der Waals surface area contributed by atoms with Crippen LogP contribution in [0, 0.1) is 11.2 Å². The fourth-order valence-corrected chi connectivity index (χ4v) is 4.06. The first-order valence-corrected chi connectivity index (χ1v) is 10.2. The van der Waals surface area contributed by atoms with Gasteiger partial charge in [0.15, 0.2) is 0 Å². The highest BCUT2D eigenvalue weighted by molar-refractivity contribution is 5.91. The Morgan fingerprint density at radius 3 is 2.64 bits per heavy atom. The predicted octanol–water partition coefficient (Wildman–Crippen LogP) is 7.27. The van der Waals surface area contributed by atoms with Crippen LogP contribution < -0.4 is 0 Å². The molecule has 0 spiro atoms. The molecule has 0 aromatic heterocycles. The monoisotopic (exact) mass is 384 g/mol. The molecule has 1 aromatic rings. The molecule has 2 rings (SSSR count). The zero-order chi connectivity index (χ0) is 20.9. The van der Waals surface area contributed by atoms with E-state index in [2.05, 4.69) is 27.4 Å². The van der Waals surface area contributed by atoms with E-state index in [4.69, 9.17) is 4.74 Å². The van der Waals surface area contributed by atoms with Crippen molar-refractivity contribution in [3.05, 3.63) is 64.5 Å². The van der Waals surface area contributed by atoms with Crippen molar-refractivity contribution >= 4 is 11.5 Å². The van der Waals surface area contributed by atoms with E-state index in [1.165, 1.54) is 17.2 Å². The van der Waals surface area contributed by atoms with E-state index in [9.17, 15) is 4.79 Å². The number of hydrogen-bond acceptors (Lipinski definition) is 2. The largest absolute Gasteiger partial charge is 0.462 e. The van der Waals surface area contributed by atoms with E-state index in [1.807, 2.05) is 13.8 Å². The fraction of sp³-hybridized carbons (Fsp3) is 0.480. The number of esters is 1. The molecular weight excluding hydrogens is 351 g/mol. The third-order valence-electron chi connectivity index (χ3n) is 5.61. The van der Waals surface area contributed by atoms with Gasteiger partial charge in [-0.1, -0.05) is 51.5 Å². The van der Waals surface area contributed by atoms with E-state index < -0.39 is 11.8 Å². The number of hydrogen-bond donors (Lipinski definition) is 0. The molecule has 0 saturated carbocycles. The number of ether oxygens (including phenoxy) is 1. The molecule has 0 amide bonds. The van der Waals surface area contributed by atoms with Crippen molar-refractivity contribution in [1.29, 1.82) is 0 Å². The van der Waals surface area contributed by atoms with Crippen LogP contribution in [0.3, 0.4) is 0 Å². The molecular formula is C25H33FO2. The second-order valence-electron chi connectivity index (χ2n) is 8.34. The molecule has 0 bridgehead atoms. The highest BCUT2D eigenvalue weighted by atomic mass is 19.1. The number of halogens is 1. The number of carbonyl (C=O) groups is 1. The summed E-state index contributed by atoms with van der Waals surface area (Å²) in [6, 6.07) is 4.67. The van der Waals surface area contributed by atoms with Crippen LogP contribution in [0.2, 0.25) is 0 Å². The van der Waals surface area contributed by atoms with Gasteiger partial charge >= 0.3 is 5.97 Å². The van der Waals surface area contributed by atoms with Gasteiger partial charge in [-0.25, -0.2) is 9.18 Å². The van der Waals surface area contributed by atoms with Crippen molar-refractivity contribution in [3.8, 4) is 0 Å². The molecule has 0 radical (unpaired) electrons. The van der Waals surface area contributed by atoms with Gasteiger partial charge in [-0.15, -0.1) is 0 Å². The minimum absolute atomic E-state index is 0.0356. The van der Waals surface area contributed by atoms with Crippen LogP contribution in [0.25, 0.3) is 5.57 Å². The highest BCUT2D eigenvalue weighted by Gasteiger charge is 2.32. The molecule has 1 aliphatic rings. The summed E-state index contributed by atoms with van der Waals surface area (Å²) in [6.45, 7) is 14.9. The second kappa shape index (κ2) is 9.36. The number of unbranched alkanes of at least 4 members (excludes halogenated alkanes) is 1. The molecule has 28 heavy (non-hydrogen) atoms. The quantitative estimate of drug-likeness (QED) is 0.281. The van der Waals surface area contributed by atoms with Crippen LogP contribution >= 0.6 is 0 Å². The molecule has 2 nitrogen and oxygen atoms in total. The summed E-state index contributed by atoms with van der Waals surface area (Å²) in [5, 5.41) is 0. The zero-order valence-corrected chi connectivity index (χ0v) is 18.0. The van der Waals surface area contributed by atoms with Gasteiger partial charge in [-0.05, 0) is 73.8 Å². The van der Waals surface area contributed by atoms with Crippen LogP contribution in [0.1, 0.15) is 82.6 Å². The first kappa shape index (κ1) is 22.1. The first-order chi connectivity index (χ1) is 13.2. The van der Waals surface area contributed by atoms with E-state index in [0.717, 1.165) is 43.3 Å². The fourth-order valence-electron chi connectivity index (χ4n) is 4.06. The lowest BCUT2D eigenvalue weighted by Gasteiger charge is -2.37. The standard InChI is InChI=1S/C25H33FO2/c1-7-9-15-28-24(27)19-12-13-20(21(26)16-19)22(17(3)8-2)23-18(4)11-10-14-25(23,5)6/h8,12-13,16H,2,7,9-11,14-15H2,1,3-6H3/b22-17-. The van der Waals surface area contributed by atoms with Crippen molar-refractivity contribution in [2.24, 2.45) is 5.41 Å². The lowest BCUT2D eigenvalue weighted by molar-refractivity contribution is 0.0499. The Morgan fingerprint density at radius 2 is 2.07 bits per heavy atom. The number of benzene rings is 1. The second-order valence-corrected chi connectivity index (χ2v) is 8.34. The maximum absolute atomic E-state index is 15.2. The van der Waals surface area contributed by atoms with E-state index in [1.54, 1.807) is 18.2 Å². The van der Waals surface area contributed by atoms with Gasteiger partial charge in [-0.3, -0.25) is 0 Å². The summed E-state index contributed by atoms with van der Waals surface area (Å²) in [5.74, 6) is -0.874. The van der Waals surface area contributed by atoms with Gasteiger partial charge in [0, 0.05) is 5.56 Å². The van der Waals surface area contributed by atoms with E-state index in [0.29, 0.717) is 12.2 Å². The number of allylic oxidation sites excluding steroid dienone is 5. The average Bonchev–Trinajstić information content (AvgIpc) is 2.64. The predicted molar refractivity (Wildman–Crippen MR) is 115 cm³/mol. The summed E-state index contributed by atoms with van der Waals surface area (Å²) >= 11 is 0. The van der Waals surface area contributed by atoms with Crippen LogP contribution in [0.15, 0.2) is 47.6 Å². The smallest absolute Gasteiger partial charge is 0.338 e. The average molecular weight is 385 g/mol. The van der Waals surface area contributed by atoms with Crippen LogP contribution in [0.5, 0.6) is 0 Å². The van der Waals surface area contributed by atoms with Crippen LogP contribution in [0.4, 0.5) is 4.39 Å². The topological polar surface area (TPSA) is 26.3 Å². The van der Waals surface area contributed by atoms with Crippen molar-refractivity contribution in [2.45, 2.75) is 66.7 Å². The van der Waals surface area contributed by atoms with Crippen LogP contribution in [-0.4, -0.2) is 12.6 Å². The number of rotatable bonds is 7. The van der Waals surface area contributed by atoms with Gasteiger partial charge < -0.3 is 4.74 Å². The molecule has 0 N–H and O–H groups in total. The summed E-state index contributed by atoms with van der Waals surface area (Å²) in [4.78, 5) is 12.2. The van der Waals surface area contributed by atoms with Gasteiger partial charge in [0.2, 0.25) is 0 Å². The Balaban J connectivity index is 2.50. The Bertz CT molecular complexity index is 812. The SMILES string of the molecule is C=C/C(C)=C(\C1=C(C)CCCC1(C)C)c1ccc(C(=O)OCCCC)cc1F. The van der Waals surface area contributed by atoms with E-state index >= 15 is 4.39 Å². The summed E-state index contributed by atoms with van der Waals surface area (Å²) in [7, 11) is 0. The molecule has 1 aromatic carbocycles. The van der Waals surface area contributed by atoms with Crippen molar-refractivity contribution in [3.63, 3.8) is 0 Å². The summed E-state index contributed by atoms with van der Waals surface area (Å²) in [5.41, 5.74) is 5.09. The molecule has 0 unspecified atom stereocenters. The Labute approximate surface area is 169 Å². The van der Waals surface area contributed by atoms with Crippen LogP contribution in [-0.2, 0) is 4.74 Å². The highest BCUT2D eigenvalue weighted by Crippen LogP contribution is 2.48. The molecule has 0 fully saturated rings. The maximum atomic E-state index is 15.2. The minimum atomic E-state index is -0.474. The summed E-state index contributed by atoms with van der Waals surface area (Å²) in [6.07, 6.45) is 6.77. The molecule has 0 heterocycles. The maximum Gasteiger partial charge on any atom is 0.338 e. The van der Waals surface area contributed by atoms with Gasteiger partial charge in [0.25, 0.3) is 0 Å². The molecule has 0 atom stereocenters. The zero-order valence-electron chi connectivity index (χ0n) is 18.0.